The second kappa shape index (κ2) is 4.76. The Labute approximate surface area is 106 Å². The van der Waals surface area contributed by atoms with Crippen LogP contribution in [0.15, 0.2) is 24.3 Å². The third-order valence-electron chi connectivity index (χ3n) is 3.11. The molecule has 1 aromatic carbocycles. The lowest BCUT2D eigenvalue weighted by Crippen LogP contribution is -2.01. The Hall–Kier alpha value is -1.91. The molecule has 1 saturated carbocycles. The van der Waals surface area contributed by atoms with Crippen LogP contribution in [-0.2, 0) is 0 Å². The van der Waals surface area contributed by atoms with Crippen LogP contribution in [0, 0.1) is 0 Å². The lowest BCUT2D eigenvalue weighted by Gasteiger charge is -2.06. The summed E-state index contributed by atoms with van der Waals surface area (Å²) in [5.74, 6) is 0.875. The number of hydrogen-bond donors (Lipinski definition) is 1. The fraction of sp³-hybridized carbons (Fsp3) is 0.462. The van der Waals surface area contributed by atoms with Crippen LogP contribution in [-0.4, -0.2) is 26.8 Å². The van der Waals surface area contributed by atoms with Crippen molar-refractivity contribution in [2.45, 2.75) is 32.2 Å². The van der Waals surface area contributed by atoms with Crippen LogP contribution < -0.4 is 5.32 Å². The van der Waals surface area contributed by atoms with Gasteiger partial charge >= 0.3 is 0 Å². The van der Waals surface area contributed by atoms with E-state index in [1.54, 1.807) is 0 Å². The van der Waals surface area contributed by atoms with E-state index >= 15 is 0 Å². The normalized spacial score (nSPS) is 14.7. The van der Waals surface area contributed by atoms with Gasteiger partial charge in [0.15, 0.2) is 5.82 Å². The minimum absolute atomic E-state index is 0.507. The molecule has 1 fully saturated rings. The Morgan fingerprint density at radius 3 is 2.72 bits per heavy atom. The molecular formula is C13H17N5. The van der Waals surface area contributed by atoms with Crippen LogP contribution in [0.3, 0.4) is 0 Å². The van der Waals surface area contributed by atoms with E-state index in [-0.39, 0.29) is 0 Å². The van der Waals surface area contributed by atoms with Crippen molar-refractivity contribution in [1.29, 1.82) is 0 Å². The van der Waals surface area contributed by atoms with Crippen LogP contribution in [0.2, 0.25) is 0 Å². The molecule has 0 unspecified atom stereocenters. The van der Waals surface area contributed by atoms with Crippen molar-refractivity contribution in [3.8, 4) is 11.4 Å². The molecule has 0 aliphatic heterocycles. The van der Waals surface area contributed by atoms with E-state index in [0.29, 0.717) is 6.04 Å². The molecule has 94 valence electrons. The van der Waals surface area contributed by atoms with Gasteiger partial charge in [-0.15, -0.1) is 5.10 Å². The van der Waals surface area contributed by atoms with Gasteiger partial charge in [0.05, 0.1) is 6.04 Å². The second-order valence-electron chi connectivity index (χ2n) is 4.68. The lowest BCUT2D eigenvalue weighted by atomic mass is 10.2. The average Bonchev–Trinajstić information content (AvgIpc) is 3.15. The molecule has 1 aliphatic rings. The predicted octanol–water partition coefficient (Wildman–Crippen LogP) is 2.50. The van der Waals surface area contributed by atoms with Gasteiger partial charge in [-0.2, -0.15) is 0 Å². The molecular weight excluding hydrogens is 226 g/mol. The fourth-order valence-electron chi connectivity index (χ4n) is 1.96. The van der Waals surface area contributed by atoms with Gasteiger partial charge in [0.1, 0.15) is 0 Å². The van der Waals surface area contributed by atoms with Gasteiger partial charge < -0.3 is 5.32 Å². The summed E-state index contributed by atoms with van der Waals surface area (Å²) in [6.07, 6.45) is 3.50. The fourth-order valence-corrected chi connectivity index (χ4v) is 1.96. The van der Waals surface area contributed by atoms with E-state index in [9.17, 15) is 0 Å². The molecule has 0 radical (unpaired) electrons. The summed E-state index contributed by atoms with van der Waals surface area (Å²) in [6, 6.07) is 8.81. The summed E-state index contributed by atoms with van der Waals surface area (Å²) in [4.78, 5) is 0. The minimum atomic E-state index is 0.507. The van der Waals surface area contributed by atoms with Gasteiger partial charge in [0.2, 0.25) is 0 Å². The minimum Gasteiger partial charge on any atom is -0.385 e. The summed E-state index contributed by atoms with van der Waals surface area (Å²) >= 11 is 0. The van der Waals surface area contributed by atoms with Crippen molar-refractivity contribution < 1.29 is 0 Å². The van der Waals surface area contributed by atoms with Gasteiger partial charge in [0.25, 0.3) is 0 Å². The highest BCUT2D eigenvalue weighted by molar-refractivity contribution is 5.59. The average molecular weight is 243 g/mol. The maximum absolute atomic E-state index is 4.12. The number of nitrogens with one attached hydrogen (secondary N) is 1. The van der Waals surface area contributed by atoms with Gasteiger partial charge in [-0.1, -0.05) is 6.92 Å². The van der Waals surface area contributed by atoms with E-state index in [1.807, 2.05) is 4.68 Å². The first-order valence-corrected chi connectivity index (χ1v) is 6.50. The van der Waals surface area contributed by atoms with Crippen LogP contribution in [0.1, 0.15) is 32.2 Å². The van der Waals surface area contributed by atoms with Crippen molar-refractivity contribution in [3.05, 3.63) is 24.3 Å². The maximum atomic E-state index is 4.12. The molecule has 0 bridgehead atoms. The topological polar surface area (TPSA) is 55.6 Å². The van der Waals surface area contributed by atoms with E-state index in [0.717, 1.165) is 30.0 Å². The van der Waals surface area contributed by atoms with Gasteiger partial charge in [-0.3, -0.25) is 0 Å². The number of tetrazole rings is 1. The van der Waals surface area contributed by atoms with Gasteiger partial charge in [0, 0.05) is 17.8 Å². The highest BCUT2D eigenvalue weighted by Crippen LogP contribution is 2.36. The summed E-state index contributed by atoms with van der Waals surface area (Å²) < 4.78 is 1.94. The second-order valence-corrected chi connectivity index (χ2v) is 4.68. The third kappa shape index (κ3) is 2.20. The van der Waals surface area contributed by atoms with Gasteiger partial charge in [-0.05, 0) is 54.0 Å². The molecule has 0 atom stereocenters. The molecule has 1 heterocycles. The van der Waals surface area contributed by atoms with E-state index in [2.05, 4.69) is 52.0 Å². The number of anilines is 1. The molecule has 3 rings (SSSR count). The van der Waals surface area contributed by atoms with Crippen LogP contribution in [0.5, 0.6) is 0 Å². The number of benzene rings is 1. The molecule has 18 heavy (non-hydrogen) atoms. The molecule has 0 amide bonds. The molecule has 2 aromatic rings. The molecule has 1 aromatic heterocycles. The maximum Gasteiger partial charge on any atom is 0.182 e. The zero-order chi connectivity index (χ0) is 12.4. The van der Waals surface area contributed by atoms with Crippen LogP contribution in [0.25, 0.3) is 11.4 Å². The Morgan fingerprint density at radius 2 is 2.06 bits per heavy atom. The predicted molar refractivity (Wildman–Crippen MR) is 70.3 cm³/mol. The number of hydrogen-bond acceptors (Lipinski definition) is 4. The van der Waals surface area contributed by atoms with Crippen LogP contribution in [0.4, 0.5) is 5.69 Å². The summed E-state index contributed by atoms with van der Waals surface area (Å²) in [6.45, 7) is 3.16. The van der Waals surface area contributed by atoms with Crippen molar-refractivity contribution in [2.75, 3.05) is 11.9 Å². The molecule has 5 nitrogen and oxygen atoms in total. The van der Waals surface area contributed by atoms with E-state index in [1.165, 1.54) is 12.8 Å². The number of nitrogens with zero attached hydrogens (tertiary/aromatic N) is 4. The lowest BCUT2D eigenvalue weighted by molar-refractivity contribution is 0.615. The Kier molecular flexibility index (Phi) is 2.96. The third-order valence-corrected chi connectivity index (χ3v) is 3.11. The first kappa shape index (κ1) is 11.2. The van der Waals surface area contributed by atoms with E-state index in [4.69, 9.17) is 0 Å². The quantitative estimate of drug-likeness (QED) is 0.876. The SMILES string of the molecule is CCCNc1ccc(-c2nnnn2C2CC2)cc1. The van der Waals surface area contributed by atoms with E-state index < -0.39 is 0 Å². The van der Waals surface area contributed by atoms with Crippen molar-refractivity contribution >= 4 is 5.69 Å². The summed E-state index contributed by atoms with van der Waals surface area (Å²) in [5, 5.41) is 15.3. The van der Waals surface area contributed by atoms with Crippen LogP contribution >= 0.6 is 0 Å². The summed E-state index contributed by atoms with van der Waals surface area (Å²) in [5.41, 5.74) is 2.22. The molecule has 5 heteroatoms. The Morgan fingerprint density at radius 1 is 1.28 bits per heavy atom. The highest BCUT2D eigenvalue weighted by Gasteiger charge is 2.28. The standard InChI is InChI=1S/C13H17N5/c1-2-9-14-11-5-3-10(4-6-11)13-15-16-17-18(13)12-7-8-12/h3-6,12,14H,2,7-9H2,1H3. The van der Waals surface area contributed by atoms with Crippen molar-refractivity contribution in [1.82, 2.24) is 20.2 Å². The Balaban J connectivity index is 1.81. The summed E-state index contributed by atoms with van der Waals surface area (Å²) in [7, 11) is 0. The van der Waals surface area contributed by atoms with Gasteiger partial charge in [-0.25, -0.2) is 4.68 Å². The first-order chi connectivity index (χ1) is 8.88. The zero-order valence-corrected chi connectivity index (χ0v) is 10.5. The molecule has 1 N–H and O–H groups in total. The largest absolute Gasteiger partial charge is 0.385 e. The smallest absolute Gasteiger partial charge is 0.182 e. The molecule has 0 spiro atoms. The van der Waals surface area contributed by atoms with Crippen molar-refractivity contribution in [2.24, 2.45) is 0 Å². The number of rotatable bonds is 5. The van der Waals surface area contributed by atoms with Crippen molar-refractivity contribution in [3.63, 3.8) is 0 Å². The number of aromatic nitrogens is 4. The highest BCUT2D eigenvalue weighted by atomic mass is 15.6. The molecule has 1 aliphatic carbocycles. The molecule has 0 saturated heterocycles. The first-order valence-electron chi connectivity index (χ1n) is 6.50. The zero-order valence-electron chi connectivity index (χ0n) is 10.5. The Bertz CT molecular complexity index is 512. The monoisotopic (exact) mass is 243 g/mol.